The Morgan fingerprint density at radius 3 is 2.69 bits per heavy atom. The van der Waals surface area contributed by atoms with Crippen molar-refractivity contribution >= 4 is 46.4 Å². The molecule has 0 aliphatic carbocycles. The molecule has 0 saturated heterocycles. The van der Waals surface area contributed by atoms with E-state index < -0.39 is 5.97 Å². The van der Waals surface area contributed by atoms with E-state index in [9.17, 15) is 19.6 Å². The van der Waals surface area contributed by atoms with Gasteiger partial charge < -0.3 is 20.1 Å². The lowest BCUT2D eigenvalue weighted by Crippen LogP contribution is -2.35. The molecule has 0 spiro atoms. The maximum Gasteiger partial charge on any atom is 0.352 e. The molecule has 0 atom stereocenters. The number of aromatic nitrogens is 1. The van der Waals surface area contributed by atoms with Gasteiger partial charge in [-0.3, -0.25) is 19.1 Å². The monoisotopic (exact) mass is 513 g/mol. The summed E-state index contributed by atoms with van der Waals surface area (Å²) in [6, 6.07) is 8.92. The highest BCUT2D eigenvalue weighted by Crippen LogP contribution is 2.15. The van der Waals surface area contributed by atoms with Crippen molar-refractivity contribution in [2.24, 2.45) is 0 Å². The Balaban J connectivity index is 2.26. The van der Waals surface area contributed by atoms with Crippen LogP contribution in [0.5, 0.6) is 0 Å². The average Bonchev–Trinajstić information content (AvgIpc) is 3.19. The first-order valence-electron chi connectivity index (χ1n) is 11.4. The topological polar surface area (TPSA) is 126 Å². The minimum atomic E-state index is -0.812. The molecule has 2 N–H and O–H groups in total. The average molecular weight is 514 g/mol. The third-order valence-corrected chi connectivity index (χ3v) is 6.16. The van der Waals surface area contributed by atoms with Crippen molar-refractivity contribution < 1.29 is 19.1 Å². The molecule has 0 radical (unpaired) electrons. The number of rotatable bonds is 13. The van der Waals surface area contributed by atoms with Crippen molar-refractivity contribution in [3.63, 3.8) is 0 Å². The number of carbonyl (C=O) groups is 2. The predicted molar refractivity (Wildman–Crippen MR) is 141 cm³/mol. The lowest BCUT2D eigenvalue weighted by atomic mass is 10.2. The third kappa shape index (κ3) is 7.91. The largest absolute Gasteiger partial charge is 0.457 e. The number of benzene rings is 1. The Hall–Kier alpha value is -3.72. The van der Waals surface area contributed by atoms with Crippen LogP contribution in [0, 0.1) is 11.3 Å². The van der Waals surface area contributed by atoms with E-state index in [-0.39, 0.29) is 41.4 Å². The number of hydrogen-bond donors (Lipinski definition) is 2. The van der Waals surface area contributed by atoms with Gasteiger partial charge in [0.05, 0.1) is 13.2 Å². The molecule has 1 aromatic carbocycles. The van der Waals surface area contributed by atoms with Crippen LogP contribution in [-0.2, 0) is 25.6 Å². The van der Waals surface area contributed by atoms with Crippen molar-refractivity contribution in [3.8, 4) is 6.07 Å². The molecule has 2 aromatic rings. The fourth-order valence-electron chi connectivity index (χ4n) is 3.19. The highest BCUT2D eigenvalue weighted by Gasteiger charge is 2.16. The minimum absolute atomic E-state index is 0.0389. The summed E-state index contributed by atoms with van der Waals surface area (Å²) in [5.74, 6) is -0.960. The summed E-state index contributed by atoms with van der Waals surface area (Å²) in [6.45, 7) is 9.62. The normalized spacial score (nSPS) is 12.1. The summed E-state index contributed by atoms with van der Waals surface area (Å²) in [5, 5.41) is 15.4. The molecule has 10 nitrogen and oxygen atoms in total. The summed E-state index contributed by atoms with van der Waals surface area (Å²) in [6.07, 6.45) is 2.91. The molecule has 0 bridgehead atoms. The van der Waals surface area contributed by atoms with Crippen LogP contribution in [0.1, 0.15) is 13.8 Å². The summed E-state index contributed by atoms with van der Waals surface area (Å²) in [4.78, 5) is 39.5. The van der Waals surface area contributed by atoms with Crippen LogP contribution in [0.2, 0.25) is 0 Å². The molecular weight excluding hydrogens is 482 g/mol. The van der Waals surface area contributed by atoms with E-state index >= 15 is 0 Å². The number of hydrogen-bond acceptors (Lipinski definition) is 9. The van der Waals surface area contributed by atoms with E-state index in [0.717, 1.165) is 17.9 Å². The van der Waals surface area contributed by atoms with E-state index in [4.69, 9.17) is 9.47 Å². The van der Waals surface area contributed by atoms with Crippen LogP contribution < -0.4 is 25.4 Å². The van der Waals surface area contributed by atoms with Gasteiger partial charge in [-0.15, -0.1) is 11.3 Å². The van der Waals surface area contributed by atoms with Gasteiger partial charge in [0.1, 0.15) is 21.9 Å². The minimum Gasteiger partial charge on any atom is -0.457 e. The van der Waals surface area contributed by atoms with Crippen molar-refractivity contribution in [1.82, 2.24) is 9.47 Å². The molecule has 36 heavy (non-hydrogen) atoms. The molecule has 0 saturated carbocycles. The Kier molecular flexibility index (Phi) is 11.6. The number of ether oxygens (including phenoxy) is 2. The molecule has 1 aromatic heterocycles. The molecule has 0 aliphatic rings. The van der Waals surface area contributed by atoms with Gasteiger partial charge in [0.15, 0.2) is 5.57 Å². The molecule has 0 unspecified atom stereocenters. The number of amides is 1. The number of nitrogens with one attached hydrogen (secondary N) is 2. The number of carbonyl (C=O) groups excluding carboxylic acids is 2. The van der Waals surface area contributed by atoms with Gasteiger partial charge in [0.25, 0.3) is 5.56 Å². The van der Waals surface area contributed by atoms with Gasteiger partial charge in [-0.25, -0.2) is 4.79 Å². The van der Waals surface area contributed by atoms with Crippen LogP contribution in [0.4, 0.5) is 11.4 Å². The van der Waals surface area contributed by atoms with E-state index in [1.165, 1.54) is 16.8 Å². The lowest BCUT2D eigenvalue weighted by molar-refractivity contribution is -0.135. The van der Waals surface area contributed by atoms with Crippen molar-refractivity contribution in [2.75, 3.05) is 50.6 Å². The number of anilines is 2. The Bertz CT molecular complexity index is 1290. The number of thiazole rings is 1. The van der Waals surface area contributed by atoms with Crippen LogP contribution >= 0.6 is 11.3 Å². The molecule has 1 amide bonds. The van der Waals surface area contributed by atoms with Crippen molar-refractivity contribution in [1.29, 1.82) is 5.26 Å². The summed E-state index contributed by atoms with van der Waals surface area (Å²) in [7, 11) is 1.62. The van der Waals surface area contributed by atoms with Gasteiger partial charge in [-0.1, -0.05) is 25.6 Å². The second-order valence-electron chi connectivity index (χ2n) is 7.47. The van der Waals surface area contributed by atoms with Crippen LogP contribution in [0.25, 0.3) is 11.8 Å². The van der Waals surface area contributed by atoms with Crippen LogP contribution in [0.3, 0.4) is 0 Å². The van der Waals surface area contributed by atoms with E-state index in [1.54, 1.807) is 38.3 Å². The Morgan fingerprint density at radius 2 is 2.06 bits per heavy atom. The van der Waals surface area contributed by atoms with Crippen LogP contribution in [0.15, 0.2) is 41.7 Å². The van der Waals surface area contributed by atoms with E-state index in [1.807, 2.05) is 17.9 Å². The first-order valence-corrected chi connectivity index (χ1v) is 12.2. The summed E-state index contributed by atoms with van der Waals surface area (Å²) < 4.78 is 11.9. The zero-order chi connectivity index (χ0) is 26.5. The first kappa shape index (κ1) is 28.5. The van der Waals surface area contributed by atoms with Gasteiger partial charge in [0, 0.05) is 37.8 Å². The molecule has 0 aliphatic heterocycles. The molecule has 11 heteroatoms. The van der Waals surface area contributed by atoms with Crippen molar-refractivity contribution in [3.05, 3.63) is 56.5 Å². The molecule has 1 heterocycles. The fourth-order valence-corrected chi connectivity index (χ4v) is 4.27. The zero-order valence-electron chi connectivity index (χ0n) is 20.7. The molecule has 192 valence electrons. The maximum absolute atomic E-state index is 12.9. The summed E-state index contributed by atoms with van der Waals surface area (Å²) in [5.41, 5.74) is 0.669. The molecule has 0 fully saturated rings. The lowest BCUT2D eigenvalue weighted by Gasteiger charge is -2.19. The number of likely N-dealkylation sites (N-methyl/N-ethyl adjacent to an activating group) is 1. The van der Waals surface area contributed by atoms with E-state index in [2.05, 4.69) is 17.2 Å². The van der Waals surface area contributed by atoms with Crippen LogP contribution in [-0.4, -0.2) is 61.3 Å². The SMILES string of the molecule is C=CCOC(=O)C(C#N)=c1sc(=CNc2cccc(NC(=O)CN(CC)CCOC)c2)c(=O)n1CC. The number of esters is 1. The Morgan fingerprint density at radius 1 is 1.31 bits per heavy atom. The zero-order valence-corrected chi connectivity index (χ0v) is 21.5. The highest BCUT2D eigenvalue weighted by molar-refractivity contribution is 7.07. The number of nitriles is 1. The third-order valence-electron chi connectivity index (χ3n) is 5.03. The van der Waals surface area contributed by atoms with E-state index in [0.29, 0.717) is 29.1 Å². The second-order valence-corrected chi connectivity index (χ2v) is 8.50. The van der Waals surface area contributed by atoms with Gasteiger partial charge in [0.2, 0.25) is 5.91 Å². The predicted octanol–water partition coefficient (Wildman–Crippen LogP) is 1.09. The maximum atomic E-state index is 12.9. The molecule has 2 rings (SSSR count). The first-order chi connectivity index (χ1) is 17.4. The van der Waals surface area contributed by atoms with Gasteiger partial charge in [-0.2, -0.15) is 5.26 Å². The standard InChI is InChI=1S/C25H31N5O5S/c1-5-12-35-25(33)20(15-26)24-30(7-3)23(32)21(36-24)16-27-18-9-8-10-19(14-18)28-22(31)17-29(6-2)11-13-34-4/h5,8-10,14,16,27H,1,6-7,11-13,17H2,2-4H3,(H,28,31). The highest BCUT2D eigenvalue weighted by atomic mass is 32.1. The van der Waals surface area contributed by atoms with Gasteiger partial charge >= 0.3 is 5.97 Å². The Labute approximate surface area is 213 Å². The van der Waals surface area contributed by atoms with Crippen molar-refractivity contribution in [2.45, 2.75) is 20.4 Å². The molecular formula is C25H31N5O5S. The summed E-state index contributed by atoms with van der Waals surface area (Å²) >= 11 is 1.02. The van der Waals surface area contributed by atoms with Gasteiger partial charge in [-0.05, 0) is 31.7 Å². The quantitative estimate of drug-likeness (QED) is 0.301. The number of methoxy groups -OCH3 is 1. The second kappa shape index (κ2) is 14.6. The number of nitrogens with zero attached hydrogens (tertiary/aromatic N) is 3. The smallest absolute Gasteiger partial charge is 0.352 e. The fraction of sp³-hybridized carbons (Fsp3) is 0.360.